The van der Waals surface area contributed by atoms with Crippen molar-refractivity contribution in [3.8, 4) is 0 Å². The monoisotopic (exact) mass is 255 g/mol. The first kappa shape index (κ1) is 15.3. The normalized spacial score (nSPS) is 17.1. The minimum atomic E-state index is 0.735. The highest BCUT2D eigenvalue weighted by atomic mass is 16.5. The molecule has 4 nitrogen and oxygen atoms in total. The predicted molar refractivity (Wildman–Crippen MR) is 77.0 cm³/mol. The lowest BCUT2D eigenvalue weighted by atomic mass is 10.0. The number of rotatable bonds is 8. The molecule has 106 valence electrons. The molecule has 18 heavy (non-hydrogen) atoms. The summed E-state index contributed by atoms with van der Waals surface area (Å²) in [4.78, 5) is 4.19. The van der Waals surface area contributed by atoms with E-state index in [1.807, 2.05) is 14.0 Å². The molecule has 0 atom stereocenters. The summed E-state index contributed by atoms with van der Waals surface area (Å²) in [7, 11) is 1.81. The lowest BCUT2D eigenvalue weighted by molar-refractivity contribution is 0.152. The van der Waals surface area contributed by atoms with Crippen LogP contribution in [0.2, 0.25) is 0 Å². The Labute approximate surface area is 112 Å². The van der Waals surface area contributed by atoms with Crippen molar-refractivity contribution in [1.82, 2.24) is 10.6 Å². The molecule has 0 amide bonds. The molecular weight excluding hydrogens is 226 g/mol. The summed E-state index contributed by atoms with van der Waals surface area (Å²) < 4.78 is 5.28. The Kier molecular flexibility index (Phi) is 8.65. The third-order valence-electron chi connectivity index (χ3n) is 3.52. The van der Waals surface area contributed by atoms with Crippen LogP contribution in [0.5, 0.6) is 0 Å². The fraction of sp³-hybridized carbons (Fsp3) is 0.929. The van der Waals surface area contributed by atoms with Gasteiger partial charge in [-0.15, -0.1) is 0 Å². The predicted octanol–water partition coefficient (Wildman–Crippen LogP) is 2.16. The molecule has 0 bridgehead atoms. The Morgan fingerprint density at radius 3 is 2.61 bits per heavy atom. The van der Waals surface area contributed by atoms with Crippen molar-refractivity contribution in [2.45, 2.75) is 45.4 Å². The number of nitrogens with one attached hydrogen (secondary N) is 2. The van der Waals surface area contributed by atoms with Gasteiger partial charge in [-0.05, 0) is 25.7 Å². The van der Waals surface area contributed by atoms with Crippen LogP contribution in [0.1, 0.15) is 45.4 Å². The third kappa shape index (κ3) is 6.84. The average molecular weight is 255 g/mol. The van der Waals surface area contributed by atoms with Crippen molar-refractivity contribution in [2.75, 3.05) is 33.4 Å². The number of nitrogens with zero attached hydrogens (tertiary/aromatic N) is 1. The Morgan fingerprint density at radius 2 is 1.94 bits per heavy atom. The van der Waals surface area contributed by atoms with Gasteiger partial charge in [-0.25, -0.2) is 0 Å². The second kappa shape index (κ2) is 10.2. The maximum atomic E-state index is 5.28. The largest absolute Gasteiger partial charge is 0.380 e. The first-order valence-corrected chi connectivity index (χ1v) is 7.39. The molecule has 1 rings (SSSR count). The fourth-order valence-electron chi connectivity index (χ4n) is 2.50. The molecule has 0 radical (unpaired) electrons. The Bertz CT molecular complexity index is 225. The van der Waals surface area contributed by atoms with Crippen molar-refractivity contribution >= 4 is 5.96 Å². The van der Waals surface area contributed by atoms with Crippen molar-refractivity contribution in [1.29, 1.82) is 0 Å². The van der Waals surface area contributed by atoms with Crippen LogP contribution in [0.15, 0.2) is 4.99 Å². The van der Waals surface area contributed by atoms with E-state index in [0.717, 1.165) is 38.2 Å². The summed E-state index contributed by atoms with van der Waals surface area (Å²) in [5.41, 5.74) is 0. The van der Waals surface area contributed by atoms with Crippen LogP contribution in [0, 0.1) is 5.92 Å². The van der Waals surface area contributed by atoms with Crippen LogP contribution >= 0.6 is 0 Å². The minimum absolute atomic E-state index is 0.735. The van der Waals surface area contributed by atoms with E-state index in [4.69, 9.17) is 4.74 Å². The van der Waals surface area contributed by atoms with E-state index in [-0.39, 0.29) is 0 Å². The molecule has 4 heteroatoms. The lowest BCUT2D eigenvalue weighted by Gasteiger charge is -2.13. The molecule has 0 aromatic heterocycles. The lowest BCUT2D eigenvalue weighted by Crippen LogP contribution is -2.39. The van der Waals surface area contributed by atoms with Gasteiger partial charge in [0.15, 0.2) is 5.96 Å². The van der Waals surface area contributed by atoms with E-state index in [0.29, 0.717) is 0 Å². The third-order valence-corrected chi connectivity index (χ3v) is 3.52. The summed E-state index contributed by atoms with van der Waals surface area (Å²) in [6.45, 7) is 5.35. The average Bonchev–Trinajstić information content (AvgIpc) is 2.90. The maximum Gasteiger partial charge on any atom is 0.191 e. The van der Waals surface area contributed by atoms with Gasteiger partial charge in [-0.1, -0.05) is 25.7 Å². The Balaban J connectivity index is 1.97. The summed E-state index contributed by atoms with van der Waals surface area (Å²) >= 11 is 0. The molecule has 2 N–H and O–H groups in total. The van der Waals surface area contributed by atoms with Gasteiger partial charge in [-0.2, -0.15) is 0 Å². The molecular formula is C14H29N3O. The highest BCUT2D eigenvalue weighted by Gasteiger charge is 2.13. The van der Waals surface area contributed by atoms with Crippen LogP contribution < -0.4 is 10.6 Å². The van der Waals surface area contributed by atoms with Crippen molar-refractivity contribution in [3.05, 3.63) is 0 Å². The quantitative estimate of drug-likeness (QED) is 0.397. The topological polar surface area (TPSA) is 45.6 Å². The molecule has 0 aromatic rings. The molecule has 0 unspecified atom stereocenters. The fourth-order valence-corrected chi connectivity index (χ4v) is 2.50. The summed E-state index contributed by atoms with van der Waals surface area (Å²) in [5, 5.41) is 6.60. The molecule has 0 saturated heterocycles. The summed E-state index contributed by atoms with van der Waals surface area (Å²) in [6, 6.07) is 0. The zero-order valence-corrected chi connectivity index (χ0v) is 12.0. The van der Waals surface area contributed by atoms with Gasteiger partial charge >= 0.3 is 0 Å². The molecule has 0 aliphatic heterocycles. The Hall–Kier alpha value is -0.770. The van der Waals surface area contributed by atoms with Gasteiger partial charge in [0, 0.05) is 26.7 Å². The van der Waals surface area contributed by atoms with Crippen LogP contribution in [0.4, 0.5) is 0 Å². The van der Waals surface area contributed by atoms with E-state index in [9.17, 15) is 0 Å². The van der Waals surface area contributed by atoms with E-state index in [2.05, 4.69) is 15.6 Å². The Morgan fingerprint density at radius 1 is 1.22 bits per heavy atom. The van der Waals surface area contributed by atoms with E-state index >= 15 is 0 Å². The first-order valence-electron chi connectivity index (χ1n) is 7.39. The van der Waals surface area contributed by atoms with Gasteiger partial charge in [0.05, 0.1) is 6.61 Å². The van der Waals surface area contributed by atoms with Crippen LogP contribution in [-0.2, 0) is 4.74 Å². The van der Waals surface area contributed by atoms with Gasteiger partial charge in [0.2, 0.25) is 0 Å². The number of aliphatic imine (C=N–C) groups is 1. The second-order valence-corrected chi connectivity index (χ2v) is 4.92. The molecule has 0 aromatic carbocycles. The zero-order valence-electron chi connectivity index (χ0n) is 12.0. The van der Waals surface area contributed by atoms with Crippen molar-refractivity contribution in [3.63, 3.8) is 0 Å². The van der Waals surface area contributed by atoms with Gasteiger partial charge in [-0.3, -0.25) is 4.99 Å². The number of ether oxygens (including phenoxy) is 1. The highest BCUT2D eigenvalue weighted by Crippen LogP contribution is 2.28. The van der Waals surface area contributed by atoms with Crippen molar-refractivity contribution in [2.24, 2.45) is 10.9 Å². The maximum absolute atomic E-state index is 5.28. The SMILES string of the molecule is CCOCCNC(=NC)NCCCC1CCCC1. The molecule has 0 spiro atoms. The number of guanidine groups is 1. The van der Waals surface area contributed by atoms with Crippen LogP contribution in [0.25, 0.3) is 0 Å². The molecule has 1 saturated carbocycles. The van der Waals surface area contributed by atoms with Gasteiger partial charge in [0.25, 0.3) is 0 Å². The molecule has 1 aliphatic carbocycles. The number of hydrogen-bond donors (Lipinski definition) is 2. The highest BCUT2D eigenvalue weighted by molar-refractivity contribution is 5.79. The zero-order chi connectivity index (χ0) is 13.1. The number of hydrogen-bond acceptors (Lipinski definition) is 2. The smallest absolute Gasteiger partial charge is 0.191 e. The van der Waals surface area contributed by atoms with E-state index in [1.165, 1.54) is 38.5 Å². The first-order chi connectivity index (χ1) is 8.86. The van der Waals surface area contributed by atoms with E-state index in [1.54, 1.807) is 0 Å². The van der Waals surface area contributed by atoms with Gasteiger partial charge in [0.1, 0.15) is 0 Å². The van der Waals surface area contributed by atoms with E-state index < -0.39 is 0 Å². The summed E-state index contributed by atoms with van der Waals surface area (Å²) in [5.74, 6) is 1.88. The second-order valence-electron chi connectivity index (χ2n) is 4.92. The molecule has 1 fully saturated rings. The molecule has 1 aliphatic rings. The van der Waals surface area contributed by atoms with Gasteiger partial charge < -0.3 is 15.4 Å². The molecule has 0 heterocycles. The minimum Gasteiger partial charge on any atom is -0.380 e. The van der Waals surface area contributed by atoms with Crippen LogP contribution in [-0.4, -0.2) is 39.3 Å². The van der Waals surface area contributed by atoms with Crippen LogP contribution in [0.3, 0.4) is 0 Å². The van der Waals surface area contributed by atoms with Crippen molar-refractivity contribution < 1.29 is 4.74 Å². The summed E-state index contributed by atoms with van der Waals surface area (Å²) in [6.07, 6.45) is 8.39. The standard InChI is InChI=1S/C14H29N3O/c1-3-18-12-11-17-14(15-2)16-10-6-9-13-7-4-5-8-13/h13H,3-12H2,1-2H3,(H2,15,16,17).